The van der Waals surface area contributed by atoms with Gasteiger partial charge in [0.15, 0.2) is 0 Å². The molecule has 0 aliphatic carbocycles. The standard InChI is InChI=1S/C4H11N3O4S2/c5-12(8,9)6-13(10,11)7-3-1-2-4-7/h6H,1-4H2,(H2,5,8,9). The predicted molar refractivity (Wildman–Crippen MR) is 46.0 cm³/mol. The highest BCUT2D eigenvalue weighted by Crippen LogP contribution is 2.11. The van der Waals surface area contributed by atoms with E-state index in [2.05, 4.69) is 5.14 Å². The van der Waals surface area contributed by atoms with Gasteiger partial charge in [-0.15, -0.1) is 0 Å². The van der Waals surface area contributed by atoms with Crippen molar-refractivity contribution in [2.75, 3.05) is 13.1 Å². The topological polar surface area (TPSA) is 110 Å². The summed E-state index contributed by atoms with van der Waals surface area (Å²) in [4.78, 5) is 0. The molecule has 7 nitrogen and oxygen atoms in total. The summed E-state index contributed by atoms with van der Waals surface area (Å²) < 4.78 is 45.8. The number of nitrogens with zero attached hydrogens (tertiary/aromatic N) is 1. The van der Waals surface area contributed by atoms with Crippen LogP contribution in [0.15, 0.2) is 0 Å². The van der Waals surface area contributed by atoms with Crippen molar-refractivity contribution >= 4 is 20.4 Å². The molecule has 78 valence electrons. The van der Waals surface area contributed by atoms with Crippen LogP contribution in [0.4, 0.5) is 0 Å². The number of rotatable bonds is 3. The zero-order chi connectivity index (χ0) is 10.1. The van der Waals surface area contributed by atoms with Gasteiger partial charge in [-0.3, -0.25) is 0 Å². The normalized spacial score (nSPS) is 20.7. The Balaban J connectivity index is 2.77. The zero-order valence-corrected chi connectivity index (χ0v) is 8.44. The van der Waals surface area contributed by atoms with E-state index in [9.17, 15) is 16.8 Å². The molecular weight excluding hydrogens is 218 g/mol. The summed E-state index contributed by atoms with van der Waals surface area (Å²) in [6, 6.07) is 0. The molecule has 3 N–H and O–H groups in total. The fourth-order valence-corrected chi connectivity index (χ4v) is 3.46. The molecule has 0 unspecified atom stereocenters. The van der Waals surface area contributed by atoms with Gasteiger partial charge in [-0.2, -0.15) is 21.1 Å². The van der Waals surface area contributed by atoms with Gasteiger partial charge in [0.1, 0.15) is 0 Å². The van der Waals surface area contributed by atoms with Gasteiger partial charge in [0.2, 0.25) is 0 Å². The SMILES string of the molecule is NS(=O)(=O)NS(=O)(=O)N1CCCC1. The van der Waals surface area contributed by atoms with Crippen molar-refractivity contribution in [3.63, 3.8) is 0 Å². The summed E-state index contributed by atoms with van der Waals surface area (Å²) >= 11 is 0. The van der Waals surface area contributed by atoms with Crippen molar-refractivity contribution in [3.8, 4) is 0 Å². The van der Waals surface area contributed by atoms with Crippen molar-refractivity contribution in [3.05, 3.63) is 0 Å². The fourth-order valence-electron chi connectivity index (χ4n) is 1.13. The number of hydrogen-bond donors (Lipinski definition) is 2. The lowest BCUT2D eigenvalue weighted by Crippen LogP contribution is -2.44. The van der Waals surface area contributed by atoms with E-state index < -0.39 is 20.4 Å². The summed E-state index contributed by atoms with van der Waals surface area (Å²) in [5, 5.41) is 4.54. The minimum atomic E-state index is -4.20. The van der Waals surface area contributed by atoms with Crippen LogP contribution in [0, 0.1) is 0 Å². The molecule has 0 aromatic heterocycles. The Morgan fingerprint density at radius 2 is 1.54 bits per heavy atom. The van der Waals surface area contributed by atoms with Gasteiger partial charge in [-0.25, -0.2) is 5.14 Å². The third-order valence-corrected chi connectivity index (χ3v) is 4.44. The predicted octanol–water partition coefficient (Wildman–Crippen LogP) is -1.88. The largest absolute Gasteiger partial charge is 0.293 e. The zero-order valence-electron chi connectivity index (χ0n) is 6.80. The molecule has 0 radical (unpaired) electrons. The van der Waals surface area contributed by atoms with E-state index in [-0.39, 0.29) is 0 Å². The van der Waals surface area contributed by atoms with E-state index in [1.54, 1.807) is 0 Å². The molecule has 1 aliphatic rings. The van der Waals surface area contributed by atoms with Gasteiger partial charge < -0.3 is 0 Å². The molecule has 1 aliphatic heterocycles. The van der Waals surface area contributed by atoms with Crippen LogP contribution in [-0.2, 0) is 20.4 Å². The van der Waals surface area contributed by atoms with Crippen LogP contribution in [0.5, 0.6) is 0 Å². The first-order chi connectivity index (χ1) is 5.81. The van der Waals surface area contributed by atoms with Crippen LogP contribution in [0.3, 0.4) is 0 Å². The highest BCUT2D eigenvalue weighted by Gasteiger charge is 2.27. The average Bonchev–Trinajstić information content (AvgIpc) is 2.29. The van der Waals surface area contributed by atoms with Crippen LogP contribution >= 0.6 is 0 Å². The molecule has 13 heavy (non-hydrogen) atoms. The lowest BCUT2D eigenvalue weighted by molar-refractivity contribution is 0.473. The van der Waals surface area contributed by atoms with Crippen molar-refractivity contribution in [1.29, 1.82) is 0 Å². The maximum atomic E-state index is 11.2. The monoisotopic (exact) mass is 229 g/mol. The summed E-state index contributed by atoms with van der Waals surface area (Å²) in [7, 11) is -8.15. The average molecular weight is 229 g/mol. The third-order valence-electron chi connectivity index (χ3n) is 1.63. The third kappa shape index (κ3) is 3.19. The van der Waals surface area contributed by atoms with E-state index in [0.29, 0.717) is 13.1 Å². The summed E-state index contributed by atoms with van der Waals surface area (Å²) in [6.45, 7) is 0.676. The summed E-state index contributed by atoms with van der Waals surface area (Å²) in [5.74, 6) is 0. The fraction of sp³-hybridized carbons (Fsp3) is 1.00. The number of hydrogen-bond acceptors (Lipinski definition) is 4. The van der Waals surface area contributed by atoms with E-state index in [1.165, 1.54) is 4.13 Å². The van der Waals surface area contributed by atoms with Crippen LogP contribution < -0.4 is 9.27 Å². The highest BCUT2D eigenvalue weighted by molar-refractivity contribution is 8.02. The van der Waals surface area contributed by atoms with Crippen molar-refractivity contribution in [2.45, 2.75) is 12.8 Å². The van der Waals surface area contributed by atoms with Gasteiger partial charge in [0.05, 0.1) is 0 Å². The first kappa shape index (κ1) is 10.9. The molecule has 0 saturated carbocycles. The molecule has 0 aromatic rings. The lowest BCUT2D eigenvalue weighted by atomic mass is 10.4. The highest BCUT2D eigenvalue weighted by atomic mass is 32.3. The molecule has 0 bridgehead atoms. The van der Waals surface area contributed by atoms with Crippen LogP contribution in [-0.4, -0.2) is 34.2 Å². The molecule has 0 atom stereocenters. The van der Waals surface area contributed by atoms with Gasteiger partial charge in [-0.05, 0) is 12.8 Å². The molecule has 1 rings (SSSR count). The maximum Gasteiger partial charge on any atom is 0.293 e. The summed E-state index contributed by atoms with van der Waals surface area (Å²) in [5.41, 5.74) is 0. The maximum absolute atomic E-state index is 11.2. The van der Waals surface area contributed by atoms with E-state index in [4.69, 9.17) is 0 Å². The lowest BCUT2D eigenvalue weighted by Gasteiger charge is -2.14. The number of nitrogens with two attached hydrogens (primary N) is 1. The van der Waals surface area contributed by atoms with E-state index in [1.807, 2.05) is 0 Å². The van der Waals surface area contributed by atoms with Crippen LogP contribution in [0.1, 0.15) is 12.8 Å². The van der Waals surface area contributed by atoms with Crippen molar-refractivity contribution in [1.82, 2.24) is 8.43 Å². The Kier molecular flexibility index (Phi) is 2.92. The quantitative estimate of drug-likeness (QED) is 0.590. The second kappa shape index (κ2) is 3.50. The molecule has 1 saturated heterocycles. The van der Waals surface area contributed by atoms with Gasteiger partial charge in [0.25, 0.3) is 20.4 Å². The van der Waals surface area contributed by atoms with Gasteiger partial charge >= 0.3 is 0 Å². The Hall–Kier alpha value is -0.220. The number of nitrogens with one attached hydrogen (secondary N) is 1. The van der Waals surface area contributed by atoms with Gasteiger partial charge in [-0.1, -0.05) is 4.13 Å². The molecular formula is C4H11N3O4S2. The first-order valence-corrected chi connectivity index (χ1v) is 6.61. The molecule has 0 spiro atoms. The second-order valence-electron chi connectivity index (χ2n) is 2.74. The molecule has 0 amide bonds. The van der Waals surface area contributed by atoms with Crippen molar-refractivity contribution in [2.24, 2.45) is 5.14 Å². The second-order valence-corrected chi connectivity index (χ2v) is 5.96. The van der Waals surface area contributed by atoms with Gasteiger partial charge in [0, 0.05) is 13.1 Å². The molecule has 1 fully saturated rings. The Morgan fingerprint density at radius 3 is 1.92 bits per heavy atom. The Labute approximate surface area is 77.3 Å². The first-order valence-electron chi connectivity index (χ1n) is 3.63. The minimum Gasteiger partial charge on any atom is -0.215 e. The van der Waals surface area contributed by atoms with Crippen LogP contribution in [0.25, 0.3) is 0 Å². The Morgan fingerprint density at radius 1 is 1.08 bits per heavy atom. The van der Waals surface area contributed by atoms with Crippen molar-refractivity contribution < 1.29 is 16.8 Å². The molecule has 0 aromatic carbocycles. The minimum absolute atomic E-state index is 0.338. The Bertz CT molecular complexity index is 366. The smallest absolute Gasteiger partial charge is 0.215 e. The molecule has 1 heterocycles. The van der Waals surface area contributed by atoms with E-state index >= 15 is 0 Å². The summed E-state index contributed by atoms with van der Waals surface area (Å²) in [6.07, 6.45) is 1.48. The van der Waals surface area contributed by atoms with E-state index in [0.717, 1.165) is 17.1 Å². The molecule has 9 heteroatoms. The van der Waals surface area contributed by atoms with Crippen LogP contribution in [0.2, 0.25) is 0 Å².